The Morgan fingerprint density at radius 1 is 1.42 bits per heavy atom. The van der Waals surface area contributed by atoms with E-state index < -0.39 is 0 Å². The second-order valence-corrected chi connectivity index (χ2v) is 3.78. The summed E-state index contributed by atoms with van der Waals surface area (Å²) in [5.41, 5.74) is 2.13. The van der Waals surface area contributed by atoms with Gasteiger partial charge in [-0.3, -0.25) is 0 Å². The summed E-state index contributed by atoms with van der Waals surface area (Å²) in [5, 5.41) is 3.18. The Hall–Kier alpha value is -0.830. The second kappa shape index (κ2) is 2.90. The van der Waals surface area contributed by atoms with Crippen LogP contribution in [0.25, 0.3) is 0 Å². The van der Waals surface area contributed by atoms with Crippen molar-refractivity contribution in [2.75, 3.05) is 5.32 Å². The summed E-state index contributed by atoms with van der Waals surface area (Å²) >= 11 is 3.40. The third-order valence-electron chi connectivity index (χ3n) is 2.08. The molecular weight excluding hydrogens is 218 g/mol. The van der Waals surface area contributed by atoms with Crippen molar-refractivity contribution in [3.8, 4) is 0 Å². The van der Waals surface area contributed by atoms with Gasteiger partial charge < -0.3 is 10.1 Å². The van der Waals surface area contributed by atoms with E-state index in [2.05, 4.69) is 21.2 Å². The molecular formula is C9H8BrNO. The number of carbonyl (C=O) groups excluding carboxylic acids is 1. The predicted octanol–water partition coefficient (Wildman–Crippen LogP) is 2.12. The van der Waals surface area contributed by atoms with E-state index in [9.17, 15) is 4.79 Å². The van der Waals surface area contributed by atoms with Gasteiger partial charge in [0.2, 0.25) is 0 Å². The maximum atomic E-state index is 10.7. The Morgan fingerprint density at radius 2 is 2.17 bits per heavy atom. The van der Waals surface area contributed by atoms with Crippen molar-refractivity contribution in [1.82, 2.24) is 0 Å². The summed E-state index contributed by atoms with van der Waals surface area (Å²) in [6, 6.07) is 7.86. The minimum absolute atomic E-state index is 0.0485. The number of benzene rings is 1. The number of anilines is 1. The third kappa shape index (κ3) is 1.05. The molecule has 0 aromatic heterocycles. The molecule has 2 rings (SSSR count). The molecule has 12 heavy (non-hydrogen) atoms. The molecule has 0 radical (unpaired) electrons. The highest BCUT2D eigenvalue weighted by molar-refractivity contribution is 9.09. The standard InChI is InChI=1S/C9H8BrNO/c10-9-7(5-12)6-3-1-2-4-8(6)11-9/h1-5,7,9,11H. The molecule has 0 fully saturated rings. The zero-order valence-electron chi connectivity index (χ0n) is 6.33. The Morgan fingerprint density at radius 3 is 2.92 bits per heavy atom. The number of rotatable bonds is 1. The highest BCUT2D eigenvalue weighted by Crippen LogP contribution is 2.36. The molecule has 0 aliphatic carbocycles. The summed E-state index contributed by atoms with van der Waals surface area (Å²) in [4.78, 5) is 10.8. The lowest BCUT2D eigenvalue weighted by Gasteiger charge is -2.05. The smallest absolute Gasteiger partial charge is 0.130 e. The van der Waals surface area contributed by atoms with Gasteiger partial charge in [0.25, 0.3) is 0 Å². The highest BCUT2D eigenvalue weighted by atomic mass is 79.9. The van der Waals surface area contributed by atoms with Gasteiger partial charge in [-0.2, -0.15) is 0 Å². The fourth-order valence-electron chi connectivity index (χ4n) is 1.46. The molecule has 1 aliphatic rings. The second-order valence-electron chi connectivity index (χ2n) is 2.80. The highest BCUT2D eigenvalue weighted by Gasteiger charge is 2.28. The molecule has 1 aromatic rings. The molecule has 1 N–H and O–H groups in total. The molecule has 1 aromatic carbocycles. The fourth-order valence-corrected chi connectivity index (χ4v) is 2.11. The Balaban J connectivity index is 2.47. The Kier molecular flexibility index (Phi) is 1.89. The van der Waals surface area contributed by atoms with Gasteiger partial charge >= 0.3 is 0 Å². The monoisotopic (exact) mass is 225 g/mol. The predicted molar refractivity (Wildman–Crippen MR) is 51.6 cm³/mol. The molecule has 1 heterocycles. The van der Waals surface area contributed by atoms with E-state index in [1.54, 1.807) is 0 Å². The van der Waals surface area contributed by atoms with E-state index in [0.717, 1.165) is 17.5 Å². The number of para-hydroxylation sites is 1. The summed E-state index contributed by atoms with van der Waals surface area (Å²) < 4.78 is 0. The Labute approximate surface area is 79.1 Å². The van der Waals surface area contributed by atoms with Crippen molar-refractivity contribution < 1.29 is 4.79 Å². The molecule has 0 spiro atoms. The van der Waals surface area contributed by atoms with Crippen molar-refractivity contribution in [2.45, 2.75) is 10.9 Å². The molecule has 0 amide bonds. The van der Waals surface area contributed by atoms with Crippen LogP contribution in [0, 0.1) is 0 Å². The molecule has 2 unspecified atom stereocenters. The number of fused-ring (bicyclic) bond motifs is 1. The normalized spacial score (nSPS) is 26.1. The lowest BCUT2D eigenvalue weighted by molar-refractivity contribution is -0.108. The van der Waals surface area contributed by atoms with Crippen LogP contribution in [-0.4, -0.2) is 11.2 Å². The number of hydrogen-bond acceptors (Lipinski definition) is 2. The summed E-state index contributed by atoms with van der Waals surface area (Å²) in [5.74, 6) is -0.0544. The summed E-state index contributed by atoms with van der Waals surface area (Å²) in [7, 11) is 0. The molecule has 2 atom stereocenters. The number of carbonyl (C=O) groups is 1. The van der Waals surface area contributed by atoms with E-state index in [-0.39, 0.29) is 10.9 Å². The maximum Gasteiger partial charge on any atom is 0.130 e. The minimum atomic E-state index is -0.0544. The van der Waals surface area contributed by atoms with Gasteiger partial charge in [0.1, 0.15) is 6.29 Å². The fraction of sp³-hybridized carbons (Fsp3) is 0.222. The number of alkyl halides is 1. The van der Waals surface area contributed by atoms with Crippen LogP contribution in [0.4, 0.5) is 5.69 Å². The number of hydrogen-bond donors (Lipinski definition) is 1. The SMILES string of the molecule is O=CC1c2ccccc2NC1Br. The van der Waals surface area contributed by atoms with Crippen LogP contribution in [0.5, 0.6) is 0 Å². The molecule has 0 saturated carbocycles. The van der Waals surface area contributed by atoms with Crippen LogP contribution in [0.3, 0.4) is 0 Å². The van der Waals surface area contributed by atoms with Crippen molar-refractivity contribution >= 4 is 27.9 Å². The minimum Gasteiger partial charge on any atom is -0.372 e. The Bertz CT molecular complexity index is 313. The third-order valence-corrected chi connectivity index (χ3v) is 2.87. The van der Waals surface area contributed by atoms with Crippen LogP contribution in [-0.2, 0) is 4.79 Å². The quantitative estimate of drug-likeness (QED) is 0.451. The van der Waals surface area contributed by atoms with Gasteiger partial charge in [-0.05, 0) is 11.6 Å². The molecule has 62 valence electrons. The van der Waals surface area contributed by atoms with E-state index in [0.29, 0.717) is 0 Å². The van der Waals surface area contributed by atoms with E-state index in [1.165, 1.54) is 0 Å². The first-order chi connectivity index (χ1) is 5.83. The number of halogens is 1. The number of aldehydes is 1. The average Bonchev–Trinajstić information content (AvgIpc) is 2.40. The van der Waals surface area contributed by atoms with Gasteiger partial charge in [-0.1, -0.05) is 34.1 Å². The summed E-state index contributed by atoms with van der Waals surface area (Å²) in [6.07, 6.45) is 0.970. The largest absolute Gasteiger partial charge is 0.372 e. The van der Waals surface area contributed by atoms with Crippen molar-refractivity contribution in [1.29, 1.82) is 0 Å². The summed E-state index contributed by atoms with van der Waals surface area (Å²) in [6.45, 7) is 0. The van der Waals surface area contributed by atoms with Crippen LogP contribution >= 0.6 is 15.9 Å². The van der Waals surface area contributed by atoms with Crippen LogP contribution < -0.4 is 5.32 Å². The topological polar surface area (TPSA) is 29.1 Å². The maximum absolute atomic E-state index is 10.7. The van der Waals surface area contributed by atoms with Gasteiger partial charge in [-0.25, -0.2) is 0 Å². The molecule has 3 heteroatoms. The molecule has 0 saturated heterocycles. The zero-order valence-corrected chi connectivity index (χ0v) is 7.91. The van der Waals surface area contributed by atoms with Crippen LogP contribution in [0.15, 0.2) is 24.3 Å². The first-order valence-electron chi connectivity index (χ1n) is 3.78. The van der Waals surface area contributed by atoms with Crippen molar-refractivity contribution in [3.05, 3.63) is 29.8 Å². The van der Waals surface area contributed by atoms with Gasteiger partial charge in [0.15, 0.2) is 0 Å². The van der Waals surface area contributed by atoms with Gasteiger partial charge in [-0.15, -0.1) is 0 Å². The average molecular weight is 226 g/mol. The van der Waals surface area contributed by atoms with E-state index in [1.807, 2.05) is 24.3 Å². The lowest BCUT2D eigenvalue weighted by atomic mass is 10.0. The van der Waals surface area contributed by atoms with Crippen LogP contribution in [0.2, 0.25) is 0 Å². The van der Waals surface area contributed by atoms with E-state index in [4.69, 9.17) is 0 Å². The lowest BCUT2D eigenvalue weighted by Crippen LogP contribution is -2.12. The molecule has 1 aliphatic heterocycles. The van der Waals surface area contributed by atoms with Crippen molar-refractivity contribution in [3.63, 3.8) is 0 Å². The zero-order chi connectivity index (χ0) is 8.55. The molecule has 0 bridgehead atoms. The first kappa shape index (κ1) is 7.80. The van der Waals surface area contributed by atoms with Crippen LogP contribution in [0.1, 0.15) is 11.5 Å². The van der Waals surface area contributed by atoms with Gasteiger partial charge in [0, 0.05) is 5.69 Å². The molecule has 2 nitrogen and oxygen atoms in total. The first-order valence-corrected chi connectivity index (χ1v) is 4.69. The number of nitrogens with one attached hydrogen (secondary N) is 1. The van der Waals surface area contributed by atoms with E-state index >= 15 is 0 Å². The van der Waals surface area contributed by atoms with Gasteiger partial charge in [0.05, 0.1) is 10.9 Å². The van der Waals surface area contributed by atoms with Crippen molar-refractivity contribution in [2.24, 2.45) is 0 Å².